The maximum Gasteiger partial charge on any atom is 0.0382 e. The fraction of sp³-hybridized carbons (Fsp3) is 0.375. The summed E-state index contributed by atoms with van der Waals surface area (Å²) < 4.78 is 0. The highest BCUT2D eigenvalue weighted by Crippen LogP contribution is 2.17. The smallest absolute Gasteiger partial charge is 0.0382 e. The number of anilines is 1. The highest BCUT2D eigenvalue weighted by molar-refractivity contribution is 5.64. The largest absolute Gasteiger partial charge is 0.383 e. The van der Waals surface area contributed by atoms with Crippen LogP contribution in [0.5, 0.6) is 0 Å². The molecular weight excluding hydrogens is 220 g/mol. The number of nitrogens with one attached hydrogen (secondary N) is 2. The van der Waals surface area contributed by atoms with Crippen molar-refractivity contribution in [1.82, 2.24) is 5.32 Å². The number of rotatable bonds is 6. The van der Waals surface area contributed by atoms with Crippen LogP contribution in [-0.4, -0.2) is 6.04 Å². The number of benzene rings is 1. The molecule has 0 saturated carbocycles. The van der Waals surface area contributed by atoms with Crippen molar-refractivity contribution in [3.05, 3.63) is 48.7 Å². The molecular formula is C16H24N2. The zero-order valence-electron chi connectivity index (χ0n) is 11.9. The minimum atomic E-state index is 0.399. The van der Waals surface area contributed by atoms with Crippen molar-refractivity contribution < 1.29 is 0 Å². The quantitative estimate of drug-likeness (QED) is 0.782. The monoisotopic (exact) mass is 244 g/mol. The zero-order chi connectivity index (χ0) is 13.7. The lowest BCUT2D eigenvalue weighted by atomic mass is 10.1. The maximum atomic E-state index is 4.03. The van der Waals surface area contributed by atoms with E-state index in [0.717, 1.165) is 22.6 Å². The first-order chi connectivity index (χ1) is 8.40. The number of hydrogen-bond donors (Lipinski definition) is 2. The summed E-state index contributed by atoms with van der Waals surface area (Å²) in [6.45, 7) is 16.5. The summed E-state index contributed by atoms with van der Waals surface area (Å²) >= 11 is 0. The Morgan fingerprint density at radius 3 is 2.00 bits per heavy atom. The van der Waals surface area contributed by atoms with Crippen LogP contribution < -0.4 is 10.6 Å². The third kappa shape index (κ3) is 4.28. The molecule has 0 aliphatic carbocycles. The number of hydrogen-bond acceptors (Lipinski definition) is 2. The second-order valence-corrected chi connectivity index (χ2v) is 5.16. The topological polar surface area (TPSA) is 24.1 Å². The third-order valence-electron chi connectivity index (χ3n) is 2.70. The molecule has 0 amide bonds. The average Bonchev–Trinajstić information content (AvgIpc) is 2.28. The second-order valence-electron chi connectivity index (χ2n) is 5.16. The van der Waals surface area contributed by atoms with Crippen LogP contribution in [0, 0.1) is 5.92 Å². The minimum Gasteiger partial charge on any atom is -0.383 e. The molecule has 1 aromatic rings. The predicted molar refractivity (Wildman–Crippen MR) is 81.3 cm³/mol. The molecule has 0 heterocycles. The lowest BCUT2D eigenvalue weighted by Gasteiger charge is -2.15. The average molecular weight is 244 g/mol. The van der Waals surface area contributed by atoms with Gasteiger partial charge in [-0.05, 0) is 37.5 Å². The Labute approximate surface area is 111 Å². The molecule has 2 nitrogen and oxygen atoms in total. The van der Waals surface area contributed by atoms with Crippen molar-refractivity contribution in [2.45, 2.75) is 33.7 Å². The molecule has 0 fully saturated rings. The van der Waals surface area contributed by atoms with E-state index >= 15 is 0 Å². The highest BCUT2D eigenvalue weighted by atomic mass is 14.9. The van der Waals surface area contributed by atoms with Gasteiger partial charge in [-0.25, -0.2) is 0 Å². The fourth-order valence-corrected chi connectivity index (χ4v) is 1.52. The molecule has 18 heavy (non-hydrogen) atoms. The van der Waals surface area contributed by atoms with Gasteiger partial charge in [-0.1, -0.05) is 39.1 Å². The molecule has 1 aromatic carbocycles. The molecule has 2 heteroatoms. The Bertz CT molecular complexity index is 413. The molecule has 0 aromatic heterocycles. The molecule has 98 valence electrons. The van der Waals surface area contributed by atoms with Gasteiger partial charge in [0.15, 0.2) is 0 Å². The van der Waals surface area contributed by atoms with Crippen LogP contribution in [0.1, 0.15) is 33.3 Å². The van der Waals surface area contributed by atoms with E-state index in [-0.39, 0.29) is 0 Å². The Morgan fingerprint density at radius 1 is 1.00 bits per heavy atom. The van der Waals surface area contributed by atoms with E-state index in [1.54, 1.807) is 0 Å². The third-order valence-corrected chi connectivity index (χ3v) is 2.70. The van der Waals surface area contributed by atoms with Crippen molar-refractivity contribution in [3.63, 3.8) is 0 Å². The predicted octanol–water partition coefficient (Wildman–Crippen LogP) is 4.24. The Morgan fingerprint density at radius 2 is 1.56 bits per heavy atom. The summed E-state index contributed by atoms with van der Waals surface area (Å²) in [6.07, 6.45) is 0. The number of allylic oxidation sites excluding steroid dienone is 1. The van der Waals surface area contributed by atoms with E-state index in [2.05, 4.69) is 75.8 Å². The van der Waals surface area contributed by atoms with Gasteiger partial charge in [0.1, 0.15) is 0 Å². The summed E-state index contributed by atoms with van der Waals surface area (Å²) in [5.74, 6) is 0.433. The lowest BCUT2D eigenvalue weighted by Crippen LogP contribution is -2.20. The summed E-state index contributed by atoms with van der Waals surface area (Å²) in [7, 11) is 0. The summed E-state index contributed by atoms with van der Waals surface area (Å²) in [5, 5.41) is 6.61. The van der Waals surface area contributed by atoms with Crippen molar-refractivity contribution in [3.8, 4) is 0 Å². The first-order valence-corrected chi connectivity index (χ1v) is 6.42. The van der Waals surface area contributed by atoms with Gasteiger partial charge in [-0.3, -0.25) is 0 Å². The Kier molecular flexibility index (Phi) is 5.02. The van der Waals surface area contributed by atoms with E-state index in [1.807, 2.05) is 0 Å². The summed E-state index contributed by atoms with van der Waals surface area (Å²) in [4.78, 5) is 0. The van der Waals surface area contributed by atoms with Gasteiger partial charge in [-0.2, -0.15) is 0 Å². The van der Waals surface area contributed by atoms with Gasteiger partial charge in [0, 0.05) is 23.1 Å². The lowest BCUT2D eigenvalue weighted by molar-refractivity contribution is 0.718. The van der Waals surface area contributed by atoms with Crippen molar-refractivity contribution in [1.29, 1.82) is 0 Å². The summed E-state index contributed by atoms with van der Waals surface area (Å²) in [5.41, 5.74) is 4.17. The van der Waals surface area contributed by atoms with E-state index in [9.17, 15) is 0 Å². The Hall–Kier alpha value is -1.70. The van der Waals surface area contributed by atoms with Gasteiger partial charge >= 0.3 is 0 Å². The van der Waals surface area contributed by atoms with Crippen LogP contribution in [0.4, 0.5) is 5.69 Å². The van der Waals surface area contributed by atoms with Crippen LogP contribution in [-0.2, 0) is 0 Å². The van der Waals surface area contributed by atoms with E-state index in [1.165, 1.54) is 0 Å². The van der Waals surface area contributed by atoms with Gasteiger partial charge < -0.3 is 10.6 Å². The SMILES string of the molecule is C=C(NC(C)C)c1ccc(NC(=C)C(C)C)cc1. The van der Waals surface area contributed by atoms with Crippen molar-refractivity contribution in [2.75, 3.05) is 5.32 Å². The standard InChI is InChI=1S/C16H24N2/c1-11(2)13(5)18-16-9-7-15(8-10-16)14(6)17-12(3)4/h7-12,17-18H,5-6H2,1-4H3. The first-order valence-electron chi connectivity index (χ1n) is 6.42. The summed E-state index contributed by atoms with van der Waals surface area (Å²) in [6, 6.07) is 8.63. The fourth-order valence-electron chi connectivity index (χ4n) is 1.52. The Balaban J connectivity index is 2.68. The van der Waals surface area contributed by atoms with E-state index < -0.39 is 0 Å². The normalized spacial score (nSPS) is 10.6. The van der Waals surface area contributed by atoms with Crippen LogP contribution in [0.2, 0.25) is 0 Å². The van der Waals surface area contributed by atoms with Gasteiger partial charge in [0.25, 0.3) is 0 Å². The molecule has 0 aliphatic rings. The van der Waals surface area contributed by atoms with Crippen molar-refractivity contribution >= 4 is 11.4 Å². The second kappa shape index (κ2) is 6.29. The molecule has 0 atom stereocenters. The minimum absolute atomic E-state index is 0.399. The molecule has 0 spiro atoms. The molecule has 0 aliphatic heterocycles. The van der Waals surface area contributed by atoms with E-state index in [0.29, 0.717) is 12.0 Å². The molecule has 0 radical (unpaired) electrons. The first kappa shape index (κ1) is 14.4. The van der Waals surface area contributed by atoms with Crippen LogP contribution >= 0.6 is 0 Å². The van der Waals surface area contributed by atoms with Gasteiger partial charge in [0.05, 0.1) is 0 Å². The van der Waals surface area contributed by atoms with Gasteiger partial charge in [0.2, 0.25) is 0 Å². The maximum absolute atomic E-state index is 4.03. The van der Waals surface area contributed by atoms with Gasteiger partial charge in [-0.15, -0.1) is 0 Å². The molecule has 1 rings (SSSR count). The molecule has 2 N–H and O–H groups in total. The highest BCUT2D eigenvalue weighted by Gasteiger charge is 2.03. The van der Waals surface area contributed by atoms with Crippen LogP contribution in [0.15, 0.2) is 43.1 Å². The van der Waals surface area contributed by atoms with Crippen LogP contribution in [0.25, 0.3) is 5.70 Å². The van der Waals surface area contributed by atoms with E-state index in [4.69, 9.17) is 0 Å². The molecule has 0 bridgehead atoms. The molecule has 0 unspecified atom stereocenters. The molecule has 0 saturated heterocycles. The van der Waals surface area contributed by atoms with Crippen LogP contribution in [0.3, 0.4) is 0 Å². The van der Waals surface area contributed by atoms with Crippen molar-refractivity contribution in [2.24, 2.45) is 5.92 Å². The zero-order valence-corrected chi connectivity index (χ0v) is 11.9.